The summed E-state index contributed by atoms with van der Waals surface area (Å²) in [5.74, 6) is 1.23. The van der Waals surface area contributed by atoms with E-state index in [2.05, 4.69) is 22.9 Å². The Balaban J connectivity index is 1.50. The van der Waals surface area contributed by atoms with Crippen molar-refractivity contribution >= 4 is 31.2 Å². The zero-order chi connectivity index (χ0) is 29.8. The van der Waals surface area contributed by atoms with E-state index in [4.69, 9.17) is 36.5 Å². The number of halogens is 1. The number of rotatable bonds is 10. The van der Waals surface area contributed by atoms with Crippen molar-refractivity contribution < 1.29 is 42.9 Å². The van der Waals surface area contributed by atoms with Crippen LogP contribution < -0.4 is 14.9 Å². The van der Waals surface area contributed by atoms with E-state index in [1.54, 1.807) is 0 Å². The third-order valence-electron chi connectivity index (χ3n) is 6.92. The maximum Gasteiger partial charge on any atom is 0.459 e. The van der Waals surface area contributed by atoms with E-state index in [-0.39, 0.29) is 17.7 Å². The number of nitrogens with one attached hydrogen (secondary N) is 2. The van der Waals surface area contributed by atoms with Crippen molar-refractivity contribution in [3.05, 3.63) is 54.0 Å². The van der Waals surface area contributed by atoms with Crippen molar-refractivity contribution in [3.63, 3.8) is 0 Å². The number of carbonyl (C=O) groups is 2. The quantitative estimate of drug-likeness (QED) is 0.176. The number of amides is 1. The normalized spacial score (nSPS) is 28.9. The van der Waals surface area contributed by atoms with Crippen molar-refractivity contribution in [2.75, 3.05) is 6.61 Å². The fraction of sp³-hybridized carbons (Fsp3) is 0.481. The van der Waals surface area contributed by atoms with Crippen molar-refractivity contribution in [3.8, 4) is 18.1 Å². The first-order chi connectivity index (χ1) is 19.4. The van der Waals surface area contributed by atoms with Gasteiger partial charge in [0.25, 0.3) is 5.91 Å². The van der Waals surface area contributed by atoms with Gasteiger partial charge in [-0.15, -0.1) is 6.42 Å². The molecule has 0 radical (unpaired) electrons. The second kappa shape index (κ2) is 13.0. The summed E-state index contributed by atoms with van der Waals surface area (Å²) in [7, 11) is -4.34. The standard InChI is InChI=1S/C27H33ClN3O9P/c1-4-27(35)24(33)22(39-26(27)31-15-14-23(32)29-18(31)3)16-37-41(36,40-21-12-10-19(28)11-13-21)30-17(2)25(34)38-20-8-6-5-7-9-20/h1,10-15,17,20,22,24,26,33,35H,3,5-9,16H2,2H3,(H,29,32)(H,30,36)/t17-,22+,24+,26+,27+,41?/m0/s1. The van der Waals surface area contributed by atoms with E-state index in [9.17, 15) is 24.4 Å². The summed E-state index contributed by atoms with van der Waals surface area (Å²) in [4.78, 5) is 25.7. The van der Waals surface area contributed by atoms with Crippen molar-refractivity contribution in [2.24, 2.45) is 0 Å². The van der Waals surface area contributed by atoms with Crippen LogP contribution in [0.1, 0.15) is 39.0 Å². The van der Waals surface area contributed by atoms with Crippen LogP contribution >= 0.6 is 19.3 Å². The highest BCUT2D eigenvalue weighted by atomic mass is 35.5. The van der Waals surface area contributed by atoms with Crippen molar-refractivity contribution in [1.29, 1.82) is 0 Å². The Morgan fingerprint density at radius 1 is 1.37 bits per heavy atom. The zero-order valence-corrected chi connectivity index (χ0v) is 24.1. The van der Waals surface area contributed by atoms with Gasteiger partial charge in [0.2, 0.25) is 0 Å². The van der Waals surface area contributed by atoms with Crippen LogP contribution in [0.2, 0.25) is 5.02 Å². The van der Waals surface area contributed by atoms with Gasteiger partial charge >= 0.3 is 13.7 Å². The van der Waals surface area contributed by atoms with Crippen LogP contribution in [0, 0.1) is 12.3 Å². The highest BCUT2D eigenvalue weighted by molar-refractivity contribution is 7.52. The lowest BCUT2D eigenvalue weighted by atomic mass is 9.94. The van der Waals surface area contributed by atoms with Gasteiger partial charge in [-0.1, -0.05) is 30.5 Å². The molecule has 4 rings (SSSR count). The fourth-order valence-corrected chi connectivity index (χ4v) is 6.31. The van der Waals surface area contributed by atoms with Gasteiger partial charge in [0.15, 0.2) is 11.8 Å². The van der Waals surface area contributed by atoms with Gasteiger partial charge in [-0.2, -0.15) is 5.09 Å². The minimum absolute atomic E-state index is 0.0497. The van der Waals surface area contributed by atoms with Crippen LogP contribution in [0.15, 0.2) is 48.9 Å². The highest BCUT2D eigenvalue weighted by Crippen LogP contribution is 2.46. The zero-order valence-electron chi connectivity index (χ0n) is 22.4. The van der Waals surface area contributed by atoms with Crippen molar-refractivity contribution in [2.45, 2.75) is 75.2 Å². The lowest BCUT2D eigenvalue weighted by molar-refractivity contribution is -0.152. The molecule has 2 fully saturated rings. The van der Waals surface area contributed by atoms with Gasteiger partial charge in [0, 0.05) is 17.3 Å². The lowest BCUT2D eigenvalue weighted by Gasteiger charge is -2.36. The summed E-state index contributed by atoms with van der Waals surface area (Å²) < 4.78 is 36.6. The largest absolute Gasteiger partial charge is 0.461 e. The Kier molecular flexibility index (Phi) is 9.82. The van der Waals surface area contributed by atoms with Crippen LogP contribution in [0.25, 0.3) is 0 Å². The molecule has 222 valence electrons. The lowest BCUT2D eigenvalue weighted by Crippen LogP contribution is -2.54. The van der Waals surface area contributed by atoms with Crippen LogP contribution in [0.3, 0.4) is 0 Å². The maximum atomic E-state index is 13.9. The molecule has 6 atom stereocenters. The number of benzene rings is 1. The average molecular weight is 610 g/mol. The molecule has 1 aromatic rings. The molecule has 1 aliphatic carbocycles. The predicted molar refractivity (Wildman–Crippen MR) is 148 cm³/mol. The monoisotopic (exact) mass is 609 g/mol. The summed E-state index contributed by atoms with van der Waals surface area (Å²) in [5.41, 5.74) is -2.27. The van der Waals surface area contributed by atoms with Crippen LogP contribution in [0.4, 0.5) is 0 Å². The van der Waals surface area contributed by atoms with Gasteiger partial charge in [-0.05, 0) is 56.9 Å². The fourth-order valence-electron chi connectivity index (χ4n) is 4.68. The first-order valence-electron chi connectivity index (χ1n) is 13.1. The van der Waals surface area contributed by atoms with Crippen molar-refractivity contribution in [1.82, 2.24) is 15.3 Å². The molecule has 1 unspecified atom stereocenters. The highest BCUT2D eigenvalue weighted by Gasteiger charge is 2.57. The molecule has 12 nitrogen and oxygen atoms in total. The van der Waals surface area contributed by atoms with Gasteiger partial charge < -0.3 is 34.4 Å². The molecule has 1 saturated heterocycles. The second-order valence-corrected chi connectivity index (χ2v) is 12.1. The average Bonchev–Trinajstić information content (AvgIpc) is 3.19. The first kappa shape index (κ1) is 31.1. The molecule has 2 heterocycles. The number of aliphatic hydroxyl groups excluding tert-OH is 1. The molecule has 3 aliphatic rings. The molecule has 14 heteroatoms. The molecule has 41 heavy (non-hydrogen) atoms. The Bertz CT molecular complexity index is 1260. The van der Waals surface area contributed by atoms with E-state index in [0.717, 1.165) is 38.2 Å². The third kappa shape index (κ3) is 7.31. The predicted octanol–water partition coefficient (Wildman–Crippen LogP) is 2.56. The number of hydrogen-bond acceptors (Lipinski definition) is 10. The molecule has 0 aromatic heterocycles. The molecule has 4 N–H and O–H groups in total. The smallest absolute Gasteiger partial charge is 0.459 e. The van der Waals surface area contributed by atoms with E-state index in [1.165, 1.54) is 42.3 Å². The van der Waals surface area contributed by atoms with Gasteiger partial charge in [0.05, 0.1) is 6.61 Å². The van der Waals surface area contributed by atoms with E-state index in [0.29, 0.717) is 5.02 Å². The van der Waals surface area contributed by atoms with Crippen LogP contribution in [-0.4, -0.2) is 69.8 Å². The molecule has 1 amide bonds. The first-order valence-corrected chi connectivity index (χ1v) is 15.0. The minimum atomic E-state index is -4.34. The molecular formula is C27H33ClN3O9P. The third-order valence-corrected chi connectivity index (χ3v) is 8.82. The number of esters is 1. The second-order valence-electron chi connectivity index (χ2n) is 9.99. The Morgan fingerprint density at radius 3 is 2.68 bits per heavy atom. The van der Waals surface area contributed by atoms with Gasteiger partial charge in [0.1, 0.15) is 35.9 Å². The molecule has 0 bridgehead atoms. The number of terminal acetylenes is 1. The number of aliphatic hydroxyl groups is 2. The summed E-state index contributed by atoms with van der Waals surface area (Å²) in [6, 6.07) is 4.86. The Hall–Kier alpha value is -2.88. The van der Waals surface area contributed by atoms with E-state index in [1.807, 2.05) is 0 Å². The Labute approximate surface area is 243 Å². The van der Waals surface area contributed by atoms with Gasteiger partial charge in [-0.3, -0.25) is 14.1 Å². The SMILES string of the molecule is C#C[C@@]1(O)[C@H](O)[C@@H](COP(=O)(N[C@@H](C)C(=O)OC2CCCCC2)Oc2ccc(Cl)cc2)O[C@H]1N1C=CC(=O)NC1=C. The van der Waals surface area contributed by atoms with E-state index < -0.39 is 56.3 Å². The maximum absolute atomic E-state index is 13.9. The minimum Gasteiger partial charge on any atom is -0.461 e. The number of nitrogens with zero attached hydrogens (tertiary/aromatic N) is 1. The number of hydrogen-bond donors (Lipinski definition) is 4. The van der Waals surface area contributed by atoms with Gasteiger partial charge in [-0.25, -0.2) is 4.57 Å². The topological polar surface area (TPSA) is 156 Å². The molecule has 1 aromatic carbocycles. The van der Waals surface area contributed by atoms with Crippen LogP contribution in [0.5, 0.6) is 5.75 Å². The van der Waals surface area contributed by atoms with Crippen LogP contribution in [-0.2, 0) is 28.2 Å². The summed E-state index contributed by atoms with van der Waals surface area (Å²) in [5, 5.41) is 27.5. The summed E-state index contributed by atoms with van der Waals surface area (Å²) >= 11 is 5.95. The Morgan fingerprint density at radius 2 is 2.05 bits per heavy atom. The van der Waals surface area contributed by atoms with E-state index >= 15 is 0 Å². The number of carbonyl (C=O) groups excluding carboxylic acids is 2. The molecule has 1 saturated carbocycles. The summed E-state index contributed by atoms with van der Waals surface area (Å²) in [6.07, 6.45) is 7.91. The molecule has 2 aliphatic heterocycles. The summed E-state index contributed by atoms with van der Waals surface area (Å²) in [6.45, 7) is 4.59. The molecule has 0 spiro atoms. The number of ether oxygens (including phenoxy) is 2. The molecular weight excluding hydrogens is 577 g/mol.